The van der Waals surface area contributed by atoms with Crippen molar-refractivity contribution in [2.24, 2.45) is 23.2 Å². The molecule has 4 bridgehead atoms. The Balaban J connectivity index is 1.67. The molecule has 3 N–H and O–H groups in total. The number of carboxylic acid groups (broad SMARTS) is 1. The third kappa shape index (κ3) is 2.22. The molecule has 20 heavy (non-hydrogen) atoms. The molecule has 5 nitrogen and oxygen atoms in total. The normalized spacial score (nSPS) is 41.2. The fourth-order valence-electron chi connectivity index (χ4n) is 4.90. The Morgan fingerprint density at radius 3 is 2.00 bits per heavy atom. The summed E-state index contributed by atoms with van der Waals surface area (Å²) in [7, 11) is 0. The summed E-state index contributed by atoms with van der Waals surface area (Å²) < 4.78 is 0. The minimum atomic E-state index is -1.89. The molecule has 4 aliphatic rings. The molecule has 0 heterocycles. The summed E-state index contributed by atoms with van der Waals surface area (Å²) >= 11 is 0. The van der Waals surface area contributed by atoms with E-state index in [4.69, 9.17) is 5.11 Å². The van der Waals surface area contributed by atoms with E-state index in [2.05, 4.69) is 5.32 Å². The lowest BCUT2D eigenvalue weighted by Gasteiger charge is -2.55. The van der Waals surface area contributed by atoms with Gasteiger partial charge in [0, 0.05) is 5.41 Å². The number of carboxylic acids is 1. The maximum absolute atomic E-state index is 12.6. The highest BCUT2D eigenvalue weighted by atomic mass is 16.4. The van der Waals surface area contributed by atoms with Crippen LogP contribution in [0.1, 0.15) is 45.4 Å². The van der Waals surface area contributed by atoms with Crippen molar-refractivity contribution in [3.63, 3.8) is 0 Å². The average molecular weight is 281 g/mol. The topological polar surface area (TPSA) is 86.6 Å². The first-order valence-electron chi connectivity index (χ1n) is 7.55. The Hall–Kier alpha value is -1.10. The summed E-state index contributed by atoms with van der Waals surface area (Å²) in [6, 6.07) is 0. The summed E-state index contributed by atoms with van der Waals surface area (Å²) in [6.45, 7) is 0.998. The summed E-state index contributed by atoms with van der Waals surface area (Å²) in [4.78, 5) is 23.4. The van der Waals surface area contributed by atoms with Gasteiger partial charge in [0.2, 0.25) is 5.91 Å². The maximum Gasteiger partial charge on any atom is 0.337 e. The van der Waals surface area contributed by atoms with Gasteiger partial charge in [0.15, 0.2) is 5.60 Å². The van der Waals surface area contributed by atoms with Gasteiger partial charge in [-0.3, -0.25) is 4.79 Å². The van der Waals surface area contributed by atoms with Crippen LogP contribution in [-0.2, 0) is 9.59 Å². The molecule has 0 aromatic heterocycles. The van der Waals surface area contributed by atoms with Crippen molar-refractivity contribution in [1.82, 2.24) is 5.32 Å². The van der Waals surface area contributed by atoms with Crippen LogP contribution < -0.4 is 5.32 Å². The second-order valence-corrected chi connectivity index (χ2v) is 7.46. The molecule has 1 unspecified atom stereocenters. The van der Waals surface area contributed by atoms with Crippen LogP contribution in [0.2, 0.25) is 0 Å². The molecule has 1 atom stereocenters. The van der Waals surface area contributed by atoms with E-state index >= 15 is 0 Å². The summed E-state index contributed by atoms with van der Waals surface area (Å²) in [5, 5.41) is 21.3. The molecule has 0 saturated heterocycles. The summed E-state index contributed by atoms with van der Waals surface area (Å²) in [6.07, 6.45) is 6.62. The van der Waals surface area contributed by atoms with Gasteiger partial charge >= 0.3 is 5.97 Å². The molecule has 5 heteroatoms. The molecule has 4 saturated carbocycles. The van der Waals surface area contributed by atoms with Gasteiger partial charge in [-0.25, -0.2) is 4.79 Å². The number of rotatable bonds is 4. The van der Waals surface area contributed by atoms with E-state index in [1.165, 1.54) is 26.2 Å². The number of nitrogens with one attached hydrogen (secondary N) is 1. The second kappa shape index (κ2) is 4.45. The molecule has 112 valence electrons. The first kappa shape index (κ1) is 13.9. The zero-order valence-electron chi connectivity index (χ0n) is 11.9. The van der Waals surface area contributed by atoms with E-state index in [0.29, 0.717) is 17.8 Å². The highest BCUT2D eigenvalue weighted by Gasteiger charge is 2.54. The molecule has 4 aliphatic carbocycles. The summed E-state index contributed by atoms with van der Waals surface area (Å²) in [5.74, 6) is 0.674. The number of carbonyl (C=O) groups is 2. The van der Waals surface area contributed by atoms with Gasteiger partial charge in [-0.15, -0.1) is 0 Å². The van der Waals surface area contributed by atoms with E-state index < -0.39 is 11.6 Å². The van der Waals surface area contributed by atoms with E-state index in [-0.39, 0.29) is 17.9 Å². The van der Waals surface area contributed by atoms with Crippen molar-refractivity contribution in [3.8, 4) is 0 Å². The molecule has 0 radical (unpaired) electrons. The highest BCUT2D eigenvalue weighted by Crippen LogP contribution is 2.60. The van der Waals surface area contributed by atoms with Gasteiger partial charge in [-0.05, 0) is 63.2 Å². The van der Waals surface area contributed by atoms with Crippen molar-refractivity contribution < 1.29 is 19.8 Å². The first-order chi connectivity index (χ1) is 9.31. The maximum atomic E-state index is 12.6. The number of aliphatic hydroxyl groups is 1. The Bertz CT molecular complexity index is 408. The molecule has 0 aromatic rings. The molecule has 0 aliphatic heterocycles. The standard InChI is InChI=1S/C15H23NO4/c1-14(20,13(18)19)8-16-12(17)15-5-9-2-10(6-15)4-11(3-9)7-15/h9-11,20H,2-8H2,1H3,(H,16,17)(H,18,19). The number of carbonyl (C=O) groups excluding carboxylic acids is 1. The van der Waals surface area contributed by atoms with Crippen LogP contribution in [0.15, 0.2) is 0 Å². The van der Waals surface area contributed by atoms with Crippen LogP contribution in [0.5, 0.6) is 0 Å². The largest absolute Gasteiger partial charge is 0.479 e. The Kier molecular flexibility index (Phi) is 3.08. The lowest BCUT2D eigenvalue weighted by atomic mass is 9.49. The molecule has 0 aromatic carbocycles. The lowest BCUT2D eigenvalue weighted by molar-refractivity contribution is -0.158. The average Bonchev–Trinajstić information content (AvgIpc) is 2.34. The van der Waals surface area contributed by atoms with Crippen molar-refractivity contribution in [3.05, 3.63) is 0 Å². The Labute approximate surface area is 118 Å². The number of hydrogen-bond acceptors (Lipinski definition) is 3. The zero-order chi connectivity index (χ0) is 14.5. The van der Waals surface area contributed by atoms with Crippen LogP contribution in [0.3, 0.4) is 0 Å². The molecule has 4 fully saturated rings. The number of hydrogen-bond donors (Lipinski definition) is 3. The molecule has 4 rings (SSSR count). The Morgan fingerprint density at radius 2 is 1.60 bits per heavy atom. The van der Waals surface area contributed by atoms with Crippen LogP contribution in [-0.4, -0.2) is 34.2 Å². The SMILES string of the molecule is CC(O)(CNC(=O)C12CC3CC(CC(C3)C1)C2)C(=O)O. The van der Waals surface area contributed by atoms with E-state index in [0.717, 1.165) is 19.3 Å². The number of amides is 1. The predicted molar refractivity (Wildman–Crippen MR) is 71.9 cm³/mol. The third-order valence-corrected chi connectivity index (χ3v) is 5.57. The van der Waals surface area contributed by atoms with Crippen LogP contribution in [0, 0.1) is 23.2 Å². The minimum Gasteiger partial charge on any atom is -0.479 e. The summed E-state index contributed by atoms with van der Waals surface area (Å²) in [5.41, 5.74) is -2.18. The molecule has 1 amide bonds. The van der Waals surface area contributed by atoms with Gasteiger partial charge in [0.05, 0.1) is 6.54 Å². The van der Waals surface area contributed by atoms with Crippen LogP contribution >= 0.6 is 0 Å². The van der Waals surface area contributed by atoms with Crippen LogP contribution in [0.4, 0.5) is 0 Å². The van der Waals surface area contributed by atoms with Crippen molar-refractivity contribution in [1.29, 1.82) is 0 Å². The van der Waals surface area contributed by atoms with Crippen LogP contribution in [0.25, 0.3) is 0 Å². The third-order valence-electron chi connectivity index (χ3n) is 5.57. The van der Waals surface area contributed by atoms with E-state index in [1.807, 2.05) is 0 Å². The molecular formula is C15H23NO4. The fourth-order valence-corrected chi connectivity index (χ4v) is 4.90. The quantitative estimate of drug-likeness (QED) is 0.721. The van der Waals surface area contributed by atoms with E-state index in [1.54, 1.807) is 0 Å². The van der Waals surface area contributed by atoms with Gasteiger partial charge in [-0.1, -0.05) is 0 Å². The van der Waals surface area contributed by atoms with Gasteiger partial charge in [0.1, 0.15) is 0 Å². The van der Waals surface area contributed by atoms with Crippen molar-refractivity contribution in [2.45, 2.75) is 51.0 Å². The smallest absolute Gasteiger partial charge is 0.337 e. The second-order valence-electron chi connectivity index (χ2n) is 7.46. The van der Waals surface area contributed by atoms with Gasteiger partial charge in [0.25, 0.3) is 0 Å². The highest BCUT2D eigenvalue weighted by molar-refractivity contribution is 5.84. The fraction of sp³-hybridized carbons (Fsp3) is 0.867. The molecular weight excluding hydrogens is 258 g/mol. The lowest BCUT2D eigenvalue weighted by Crippen LogP contribution is -2.56. The van der Waals surface area contributed by atoms with Gasteiger partial charge < -0.3 is 15.5 Å². The van der Waals surface area contributed by atoms with E-state index in [9.17, 15) is 14.7 Å². The monoisotopic (exact) mass is 281 g/mol. The molecule has 0 spiro atoms. The van der Waals surface area contributed by atoms with Crippen molar-refractivity contribution in [2.75, 3.05) is 6.54 Å². The predicted octanol–water partition coefficient (Wildman–Crippen LogP) is 1.15. The first-order valence-corrected chi connectivity index (χ1v) is 7.55. The minimum absolute atomic E-state index is 0.0434. The van der Waals surface area contributed by atoms with Crippen molar-refractivity contribution >= 4 is 11.9 Å². The van der Waals surface area contributed by atoms with Gasteiger partial charge in [-0.2, -0.15) is 0 Å². The zero-order valence-corrected chi connectivity index (χ0v) is 11.9. The number of aliphatic carboxylic acids is 1. The Morgan fingerprint density at radius 1 is 1.15 bits per heavy atom.